The van der Waals surface area contributed by atoms with Crippen LogP contribution in [-0.4, -0.2) is 94.2 Å². The van der Waals surface area contributed by atoms with Crippen molar-refractivity contribution in [3.63, 3.8) is 0 Å². The molecule has 70 heavy (non-hydrogen) atoms. The molecule has 2 N–H and O–H groups in total. The minimum absolute atomic E-state index is 0.0353. The monoisotopic (exact) mass is 960 g/mol. The summed E-state index contributed by atoms with van der Waals surface area (Å²) in [6.07, 6.45) is -0.624. The number of aryl methyl sites for hydroxylation is 3. The van der Waals surface area contributed by atoms with Crippen molar-refractivity contribution in [1.82, 2.24) is 43.2 Å². The van der Waals surface area contributed by atoms with Crippen molar-refractivity contribution in [1.29, 1.82) is 0 Å². The molecule has 0 bridgehead atoms. The van der Waals surface area contributed by atoms with Gasteiger partial charge in [0.15, 0.2) is 0 Å². The average molecular weight is 961 g/mol. The fourth-order valence-corrected chi connectivity index (χ4v) is 10.4. The van der Waals surface area contributed by atoms with Crippen LogP contribution in [0.25, 0.3) is 38.9 Å². The van der Waals surface area contributed by atoms with Crippen LogP contribution < -0.4 is 22.0 Å². The summed E-state index contributed by atoms with van der Waals surface area (Å²) in [7, 11) is 3.19. The topological polar surface area (TPSA) is 170 Å². The summed E-state index contributed by atoms with van der Waals surface area (Å²) >= 11 is 0. The van der Waals surface area contributed by atoms with Gasteiger partial charge in [0.25, 0.3) is 11.8 Å². The van der Waals surface area contributed by atoms with Gasteiger partial charge in [0, 0.05) is 68.9 Å². The third kappa shape index (κ3) is 8.18. The molecule has 362 valence electrons. The smallest absolute Gasteiger partial charge is 0.340 e. The highest BCUT2D eigenvalue weighted by Crippen LogP contribution is 2.42. The maximum Gasteiger partial charge on any atom is 0.416 e. The maximum atomic E-state index is 15.4. The number of nitrogens with zero attached hydrogens (tertiary/aromatic N) is 8. The maximum absolute atomic E-state index is 15.4. The summed E-state index contributed by atoms with van der Waals surface area (Å²) in [6, 6.07) is 18.7. The molecule has 0 saturated carbocycles. The van der Waals surface area contributed by atoms with E-state index in [1.165, 1.54) is 43.9 Å². The van der Waals surface area contributed by atoms with E-state index in [1.54, 1.807) is 53.8 Å². The lowest BCUT2D eigenvalue weighted by molar-refractivity contribution is -0.138. The third-order valence-corrected chi connectivity index (χ3v) is 14.2. The van der Waals surface area contributed by atoms with Crippen LogP contribution in [0.3, 0.4) is 0 Å². The lowest BCUT2D eigenvalue weighted by atomic mass is 9.71. The van der Waals surface area contributed by atoms with Crippen molar-refractivity contribution in [2.75, 3.05) is 38.0 Å². The zero-order chi connectivity index (χ0) is 49.4. The largest absolute Gasteiger partial charge is 0.416 e. The number of alkyl halides is 3. The summed E-state index contributed by atoms with van der Waals surface area (Å²) in [5, 5.41) is 9.11. The van der Waals surface area contributed by atoms with Gasteiger partial charge in [0.2, 0.25) is 11.8 Å². The molecule has 1 spiro atoms. The molecule has 3 saturated heterocycles. The molecule has 4 amide bonds. The van der Waals surface area contributed by atoms with Crippen molar-refractivity contribution in [2.24, 2.45) is 19.5 Å². The first-order valence-electron chi connectivity index (χ1n) is 23.0. The number of aromatic nitrogens is 6. The summed E-state index contributed by atoms with van der Waals surface area (Å²) in [5.41, 5.74) is 1.96. The molecule has 0 radical (unpaired) electrons. The number of carbonyl (C=O) groups is 4. The number of benzene rings is 4. The number of nitrogens with one attached hydrogen (secondary N) is 2. The number of amides is 4. The van der Waals surface area contributed by atoms with E-state index >= 15 is 4.39 Å². The molecule has 3 aliphatic rings. The van der Waals surface area contributed by atoms with Gasteiger partial charge < -0.3 is 19.7 Å². The second-order valence-electron chi connectivity index (χ2n) is 18.6. The molecule has 6 heterocycles. The van der Waals surface area contributed by atoms with Crippen LogP contribution in [0.4, 0.5) is 23.2 Å². The van der Waals surface area contributed by atoms with E-state index in [2.05, 4.69) is 20.6 Å². The first-order valence-corrected chi connectivity index (χ1v) is 23.0. The number of imidazole rings is 1. The number of imide groups is 1. The van der Waals surface area contributed by atoms with Gasteiger partial charge in [-0.2, -0.15) is 18.3 Å². The summed E-state index contributed by atoms with van der Waals surface area (Å²) in [6.45, 7) is 5.28. The van der Waals surface area contributed by atoms with Crippen molar-refractivity contribution in [3.05, 3.63) is 134 Å². The van der Waals surface area contributed by atoms with Gasteiger partial charge in [-0.25, -0.2) is 23.2 Å². The second-order valence-corrected chi connectivity index (χ2v) is 18.6. The number of hydrogen-bond acceptors (Lipinski definition) is 8. The zero-order valence-electron chi connectivity index (χ0n) is 38.5. The first-order chi connectivity index (χ1) is 33.4. The van der Waals surface area contributed by atoms with E-state index in [-0.39, 0.29) is 69.8 Å². The molecular weight excluding hydrogens is 913 g/mol. The van der Waals surface area contributed by atoms with Gasteiger partial charge in [0.1, 0.15) is 18.2 Å². The van der Waals surface area contributed by atoms with Gasteiger partial charge >= 0.3 is 17.6 Å². The fraction of sp³-hybridized carbons (Fsp3) is 0.340. The van der Waals surface area contributed by atoms with Crippen molar-refractivity contribution in [3.8, 4) is 16.9 Å². The van der Waals surface area contributed by atoms with E-state index in [9.17, 15) is 41.9 Å². The molecule has 0 aliphatic carbocycles. The number of anilines is 1. The zero-order valence-corrected chi connectivity index (χ0v) is 38.5. The number of fused-ring (bicyclic) bond motifs is 2. The lowest BCUT2D eigenvalue weighted by Crippen LogP contribution is -2.62. The van der Waals surface area contributed by atoms with Gasteiger partial charge in [0.05, 0.1) is 38.9 Å². The summed E-state index contributed by atoms with van der Waals surface area (Å²) in [5.74, 6) is -3.06. The van der Waals surface area contributed by atoms with Crippen molar-refractivity contribution >= 4 is 51.3 Å². The van der Waals surface area contributed by atoms with Crippen LogP contribution in [-0.2, 0) is 42.8 Å². The predicted molar refractivity (Wildman–Crippen MR) is 251 cm³/mol. The van der Waals surface area contributed by atoms with Crippen LogP contribution in [0.2, 0.25) is 0 Å². The number of piperidine rings is 2. The molecule has 20 heteroatoms. The number of carbonyl (C=O) groups excluding carboxylic acids is 4. The second kappa shape index (κ2) is 17.4. The Kier molecular flexibility index (Phi) is 11.5. The standard InChI is InChI=1S/C50H48F4N10O6/c1-4-62-40(30-6-9-34(10-7-30)63-28-55-59(3)48(63)70)23-31-22-32(50(52,53)54)24-36(43(31)62)44(66)56-33-8-11-37(51)35(25-33)46(68)61-26-49(27-61)16-19-60(20-17-49)18-15-29-5-12-38-41(21-29)58(2)47(69)64(38)39-13-14-42(65)57-45(39)67/h5-12,21-25,28,39H,4,13-20,26-27H2,1-3H3,(H,56,66)(H,57,65,67). The van der Waals surface area contributed by atoms with Gasteiger partial charge in [-0.3, -0.25) is 33.6 Å². The Labute approximate surface area is 396 Å². The van der Waals surface area contributed by atoms with Crippen LogP contribution in [0.15, 0.2) is 94.8 Å². The van der Waals surface area contributed by atoms with E-state index < -0.39 is 41.3 Å². The van der Waals surface area contributed by atoms with Crippen molar-refractivity contribution < 1.29 is 36.7 Å². The molecule has 1 unspecified atom stereocenters. The average Bonchev–Trinajstić information content (AvgIpc) is 3.96. The Morgan fingerprint density at radius 2 is 1.61 bits per heavy atom. The highest BCUT2D eigenvalue weighted by molar-refractivity contribution is 6.13. The molecule has 16 nitrogen and oxygen atoms in total. The number of rotatable bonds is 10. The molecule has 3 aliphatic heterocycles. The lowest BCUT2D eigenvalue weighted by Gasteiger charge is -2.54. The fourth-order valence-electron chi connectivity index (χ4n) is 10.4. The Balaban J connectivity index is 0.796. The van der Waals surface area contributed by atoms with E-state index in [4.69, 9.17) is 0 Å². The first kappa shape index (κ1) is 46.1. The van der Waals surface area contributed by atoms with Crippen molar-refractivity contribution in [2.45, 2.75) is 57.8 Å². The molecule has 7 aromatic rings. The van der Waals surface area contributed by atoms with E-state index in [0.29, 0.717) is 41.1 Å². The highest BCUT2D eigenvalue weighted by Gasteiger charge is 2.47. The van der Waals surface area contributed by atoms with Gasteiger partial charge in [-0.05, 0) is 117 Å². The minimum atomic E-state index is -4.78. The van der Waals surface area contributed by atoms with Crippen LogP contribution >= 0.6 is 0 Å². The molecule has 4 aromatic carbocycles. The van der Waals surface area contributed by atoms with Crippen LogP contribution in [0, 0.1) is 11.2 Å². The molecule has 3 fully saturated rings. The molecule has 1 atom stereocenters. The normalized spacial score (nSPS) is 17.4. The number of likely N-dealkylation sites (tertiary alicyclic amines) is 2. The molecule has 10 rings (SSSR count). The Morgan fingerprint density at radius 3 is 2.29 bits per heavy atom. The summed E-state index contributed by atoms with van der Waals surface area (Å²) < 4.78 is 65.6. The van der Waals surface area contributed by atoms with Gasteiger partial charge in [-0.1, -0.05) is 18.2 Å². The van der Waals surface area contributed by atoms with Crippen LogP contribution in [0.1, 0.15) is 70.5 Å². The van der Waals surface area contributed by atoms with E-state index in [0.717, 1.165) is 62.7 Å². The van der Waals surface area contributed by atoms with E-state index in [1.807, 2.05) is 18.2 Å². The minimum Gasteiger partial charge on any atom is -0.340 e. The third-order valence-electron chi connectivity index (χ3n) is 14.2. The Bertz CT molecular complexity index is 3400. The molecule has 3 aromatic heterocycles. The number of hydrogen-bond donors (Lipinski definition) is 2. The quantitative estimate of drug-likeness (QED) is 0.124. The number of halogens is 4. The molecular formula is C50H48F4N10O6. The van der Waals surface area contributed by atoms with Gasteiger partial charge in [-0.15, -0.1) is 0 Å². The van der Waals surface area contributed by atoms with Crippen LogP contribution in [0.5, 0.6) is 0 Å². The Morgan fingerprint density at radius 1 is 0.871 bits per heavy atom. The summed E-state index contributed by atoms with van der Waals surface area (Å²) in [4.78, 5) is 81.8. The Hall–Kier alpha value is -7.61. The predicted octanol–water partition coefficient (Wildman–Crippen LogP) is 6.03. The SMILES string of the molecule is CCn1c(-c2ccc(-n3cnn(C)c3=O)cc2)cc2cc(C(F)(F)F)cc(C(=O)Nc3ccc(F)c(C(=O)N4CC5(CCN(CCc6ccc7c(c6)n(C)c(=O)n7C6CCC(=O)NC6=O)CC5)C4)c3)c21. The highest BCUT2D eigenvalue weighted by atomic mass is 19.4.